The molecule has 1 nitrogen and oxygen atoms in total. The molecule has 13 heavy (non-hydrogen) atoms. The summed E-state index contributed by atoms with van der Waals surface area (Å²) in [5, 5.41) is 0. The quantitative estimate of drug-likeness (QED) is 0.415. The van der Waals surface area contributed by atoms with Gasteiger partial charge in [0.05, 0.1) is 10.2 Å². The van der Waals surface area contributed by atoms with Crippen molar-refractivity contribution >= 4 is 55.4 Å². The highest BCUT2D eigenvalue weighted by molar-refractivity contribution is 14.1. The molecule has 0 N–H and O–H groups in total. The summed E-state index contributed by atoms with van der Waals surface area (Å²) in [7, 11) is 1.28. The van der Waals surface area contributed by atoms with Gasteiger partial charge in [-0.15, -0.1) is 0 Å². The zero-order valence-electron chi connectivity index (χ0n) is 7.52. The Morgan fingerprint density at radius 1 is 1.31 bits per heavy atom. The normalized spacial score (nSPS) is 10.3. The van der Waals surface area contributed by atoms with E-state index in [9.17, 15) is 0 Å². The number of hydrogen-bond acceptors (Lipinski definition) is 1. The minimum absolute atomic E-state index is 0.861. The Hall–Kier alpha value is 0.697. The molecule has 0 spiro atoms. The average molecular weight is 418 g/mol. The molecular formula is C9H12I2OSi. The van der Waals surface area contributed by atoms with Crippen LogP contribution in [0.2, 0.25) is 6.04 Å². The zero-order valence-corrected chi connectivity index (χ0v) is 13.8. The van der Waals surface area contributed by atoms with Crippen molar-refractivity contribution in [3.63, 3.8) is 0 Å². The standard InChI is InChI=1S/C9H12I2OSi/c10-7-2-3-8(11)9(6-7)12-4-1-5-13/h2-3,6H,1,4-5H2,13H3. The second-order valence-corrected chi connectivity index (χ2v) is 6.18. The molecule has 4 heteroatoms. The van der Waals surface area contributed by atoms with Gasteiger partial charge in [0.25, 0.3) is 0 Å². The van der Waals surface area contributed by atoms with Crippen molar-refractivity contribution in [2.45, 2.75) is 12.5 Å². The molecule has 0 radical (unpaired) electrons. The van der Waals surface area contributed by atoms with Crippen molar-refractivity contribution in [3.05, 3.63) is 25.3 Å². The van der Waals surface area contributed by atoms with Crippen molar-refractivity contribution in [1.82, 2.24) is 0 Å². The monoisotopic (exact) mass is 418 g/mol. The predicted molar refractivity (Wildman–Crippen MR) is 76.7 cm³/mol. The SMILES string of the molecule is [SiH3]CCCOc1cc(I)ccc1I. The second kappa shape index (κ2) is 6.23. The van der Waals surface area contributed by atoms with Crippen LogP contribution in [0.5, 0.6) is 5.75 Å². The summed E-state index contributed by atoms with van der Waals surface area (Å²) >= 11 is 4.62. The lowest BCUT2D eigenvalue weighted by Gasteiger charge is -2.07. The molecule has 0 fully saturated rings. The molecule has 0 saturated heterocycles. The smallest absolute Gasteiger partial charge is 0.133 e. The number of rotatable bonds is 4. The molecule has 0 aliphatic rings. The van der Waals surface area contributed by atoms with Crippen LogP contribution in [0.25, 0.3) is 0 Å². The maximum absolute atomic E-state index is 5.67. The topological polar surface area (TPSA) is 9.23 Å². The Balaban J connectivity index is 2.59. The van der Waals surface area contributed by atoms with Gasteiger partial charge in [0.1, 0.15) is 5.75 Å². The summed E-state index contributed by atoms with van der Waals surface area (Å²) in [5.74, 6) is 1.03. The lowest BCUT2D eigenvalue weighted by Crippen LogP contribution is -1.98. The van der Waals surface area contributed by atoms with Crippen molar-refractivity contribution in [2.75, 3.05) is 6.61 Å². The highest BCUT2D eigenvalue weighted by atomic mass is 127. The first-order chi connectivity index (χ1) is 6.24. The first kappa shape index (κ1) is 11.8. The van der Waals surface area contributed by atoms with Gasteiger partial charge in [-0.1, -0.05) is 6.04 Å². The van der Waals surface area contributed by atoms with Gasteiger partial charge in [0, 0.05) is 13.8 Å². The van der Waals surface area contributed by atoms with Gasteiger partial charge < -0.3 is 4.74 Å². The molecule has 0 bridgehead atoms. The molecule has 0 heterocycles. The van der Waals surface area contributed by atoms with Crippen molar-refractivity contribution in [1.29, 1.82) is 0 Å². The minimum atomic E-state index is 0.861. The Kier molecular flexibility index (Phi) is 5.64. The third-order valence-electron chi connectivity index (χ3n) is 1.65. The summed E-state index contributed by atoms with van der Waals surface area (Å²) in [6, 6.07) is 7.61. The third-order valence-corrected chi connectivity index (χ3v) is 3.92. The van der Waals surface area contributed by atoms with Gasteiger partial charge in [0.2, 0.25) is 0 Å². The van der Waals surface area contributed by atoms with E-state index in [2.05, 4.69) is 63.4 Å². The summed E-state index contributed by atoms with van der Waals surface area (Å²) in [6.45, 7) is 0.861. The lowest BCUT2D eigenvalue weighted by atomic mass is 10.3. The molecule has 1 aromatic carbocycles. The van der Waals surface area contributed by atoms with Gasteiger partial charge >= 0.3 is 0 Å². The van der Waals surface area contributed by atoms with E-state index in [1.807, 2.05) is 0 Å². The summed E-state index contributed by atoms with van der Waals surface area (Å²) < 4.78 is 8.10. The van der Waals surface area contributed by atoms with Crippen LogP contribution in [0.15, 0.2) is 18.2 Å². The van der Waals surface area contributed by atoms with E-state index in [1.165, 1.54) is 29.8 Å². The van der Waals surface area contributed by atoms with Crippen LogP contribution in [0.1, 0.15) is 6.42 Å². The molecule has 0 saturated carbocycles. The fourth-order valence-corrected chi connectivity index (χ4v) is 2.16. The molecule has 0 amide bonds. The van der Waals surface area contributed by atoms with E-state index in [0.29, 0.717) is 0 Å². The Morgan fingerprint density at radius 3 is 2.77 bits per heavy atom. The number of hydrogen-bond donors (Lipinski definition) is 0. The fraction of sp³-hybridized carbons (Fsp3) is 0.333. The average Bonchev–Trinajstić information content (AvgIpc) is 2.11. The van der Waals surface area contributed by atoms with Crippen LogP contribution in [-0.2, 0) is 0 Å². The first-order valence-electron chi connectivity index (χ1n) is 4.32. The summed E-state index contributed by atoms with van der Waals surface area (Å²) in [4.78, 5) is 0. The van der Waals surface area contributed by atoms with Crippen LogP contribution in [0, 0.1) is 7.14 Å². The lowest BCUT2D eigenvalue weighted by molar-refractivity contribution is 0.315. The maximum Gasteiger partial charge on any atom is 0.133 e. The van der Waals surface area contributed by atoms with Crippen LogP contribution < -0.4 is 4.74 Å². The molecular weight excluding hydrogens is 406 g/mol. The molecule has 72 valence electrons. The molecule has 0 aromatic heterocycles. The largest absolute Gasteiger partial charge is 0.492 e. The van der Waals surface area contributed by atoms with Crippen molar-refractivity contribution in [3.8, 4) is 5.75 Å². The molecule has 0 unspecified atom stereocenters. The number of ether oxygens (including phenoxy) is 1. The summed E-state index contributed by atoms with van der Waals surface area (Å²) in [5.41, 5.74) is 0. The maximum atomic E-state index is 5.67. The fourth-order valence-electron chi connectivity index (χ4n) is 0.914. The van der Waals surface area contributed by atoms with Crippen LogP contribution in [-0.4, -0.2) is 16.8 Å². The first-order valence-corrected chi connectivity index (χ1v) is 7.89. The van der Waals surface area contributed by atoms with Crippen LogP contribution >= 0.6 is 45.2 Å². The van der Waals surface area contributed by atoms with Crippen LogP contribution in [0.4, 0.5) is 0 Å². The zero-order chi connectivity index (χ0) is 9.68. The molecule has 0 atom stereocenters. The van der Waals surface area contributed by atoms with E-state index in [-0.39, 0.29) is 0 Å². The Morgan fingerprint density at radius 2 is 2.08 bits per heavy atom. The third kappa shape index (κ3) is 4.16. The number of benzene rings is 1. The van der Waals surface area contributed by atoms with Gasteiger partial charge in [-0.25, -0.2) is 0 Å². The van der Waals surface area contributed by atoms with Gasteiger partial charge in [-0.2, -0.15) is 0 Å². The van der Waals surface area contributed by atoms with Crippen molar-refractivity contribution < 1.29 is 4.74 Å². The second-order valence-electron chi connectivity index (χ2n) is 2.78. The Bertz CT molecular complexity index is 278. The van der Waals surface area contributed by atoms with Crippen LogP contribution in [0.3, 0.4) is 0 Å². The predicted octanol–water partition coefficient (Wildman–Crippen LogP) is 2.45. The van der Waals surface area contributed by atoms with E-state index >= 15 is 0 Å². The molecule has 1 aromatic rings. The molecule has 1 rings (SSSR count). The van der Waals surface area contributed by atoms with E-state index in [1.54, 1.807) is 0 Å². The summed E-state index contributed by atoms with van der Waals surface area (Å²) in [6.07, 6.45) is 1.19. The van der Waals surface area contributed by atoms with E-state index < -0.39 is 0 Å². The molecule has 0 aliphatic carbocycles. The highest BCUT2D eigenvalue weighted by Gasteiger charge is 2.00. The highest BCUT2D eigenvalue weighted by Crippen LogP contribution is 2.23. The van der Waals surface area contributed by atoms with E-state index in [0.717, 1.165) is 12.4 Å². The minimum Gasteiger partial charge on any atom is -0.492 e. The van der Waals surface area contributed by atoms with Gasteiger partial charge in [-0.05, 0) is 69.8 Å². The van der Waals surface area contributed by atoms with Gasteiger partial charge in [-0.3, -0.25) is 0 Å². The van der Waals surface area contributed by atoms with Gasteiger partial charge in [0.15, 0.2) is 0 Å². The molecule has 0 aliphatic heterocycles. The number of halogens is 2. The van der Waals surface area contributed by atoms with E-state index in [4.69, 9.17) is 4.74 Å². The van der Waals surface area contributed by atoms with Crippen molar-refractivity contribution in [2.24, 2.45) is 0 Å². The Labute approximate surface area is 109 Å².